The quantitative estimate of drug-likeness (QED) is 0.461. The van der Waals surface area contributed by atoms with E-state index in [1.54, 1.807) is 0 Å². The van der Waals surface area contributed by atoms with E-state index in [9.17, 15) is 9.59 Å². The molecular weight excluding hydrogens is 284 g/mol. The predicted molar refractivity (Wildman–Crippen MR) is 58.1 cm³/mol. The third kappa shape index (κ3) is 6.29. The van der Waals surface area contributed by atoms with Crippen LogP contribution >= 0.6 is 23.8 Å². The van der Waals surface area contributed by atoms with Gasteiger partial charge in [-0.05, 0) is 12.2 Å². The van der Waals surface area contributed by atoms with Crippen molar-refractivity contribution in [3.8, 4) is 0 Å². The normalized spacial score (nSPS) is 8.67. The minimum absolute atomic E-state index is 0.190. The van der Waals surface area contributed by atoms with Crippen LogP contribution in [0.1, 0.15) is 0 Å². The molecule has 0 spiro atoms. The first-order valence-electron chi connectivity index (χ1n) is 3.93. The molecule has 0 aliphatic carbocycles. The highest BCUT2D eigenvalue weighted by molar-refractivity contribution is 7.71. The zero-order valence-electron chi connectivity index (χ0n) is 8.29. The highest BCUT2D eigenvalue weighted by Crippen LogP contribution is 1.73. The Hall–Kier alpha value is -2.34. The summed E-state index contributed by atoms with van der Waals surface area (Å²) in [5.41, 5.74) is 0. The van der Waals surface area contributed by atoms with Crippen LogP contribution in [0, 0.1) is 23.8 Å². The van der Waals surface area contributed by atoms with E-state index in [0.717, 1.165) is 11.5 Å². The molecule has 0 saturated heterocycles. The molecule has 0 atom stereocenters. The van der Waals surface area contributed by atoms with Crippen LogP contribution in [0.2, 0.25) is 0 Å². The topological polar surface area (TPSA) is 146 Å². The van der Waals surface area contributed by atoms with E-state index in [1.807, 2.05) is 5.16 Å². The standard InChI is InChI=1S/C2HN2O2.2C2HN2OS/c2*5-2-3-1-4-6-2;6-2-3-1-4-5-2/h2*(H,3,4,5);(H,3,4,6). The number of hydrogen-bond acceptors (Lipinski definition) is 9. The maximum Gasteiger partial charge on any atom is 0.460 e. The molecule has 0 aromatic carbocycles. The van der Waals surface area contributed by atoms with Crippen molar-refractivity contribution in [3.05, 3.63) is 44.0 Å². The first-order chi connectivity index (χ1) is 8.68. The fraction of sp³-hybridized carbons (Fsp3) is 0. The molecule has 0 bridgehead atoms. The molecule has 3 N–H and O–H groups in total. The summed E-state index contributed by atoms with van der Waals surface area (Å²) in [6.45, 7) is 0. The molecule has 12 heteroatoms. The van der Waals surface area contributed by atoms with Crippen LogP contribution < -0.4 is 10.6 Å². The van der Waals surface area contributed by atoms with Crippen molar-refractivity contribution < 1.29 is 9.05 Å². The van der Waals surface area contributed by atoms with E-state index in [-0.39, 0.29) is 9.71 Å². The van der Waals surface area contributed by atoms with E-state index < -0.39 is 5.76 Å². The molecule has 3 aromatic rings. The largest absolute Gasteiger partial charge is 0.460 e. The van der Waals surface area contributed by atoms with Crippen LogP contribution in [-0.2, 0) is 0 Å². The summed E-state index contributed by atoms with van der Waals surface area (Å²) in [7, 11) is 0. The Morgan fingerprint density at radius 3 is 1.94 bits per heavy atom. The first-order valence-corrected chi connectivity index (χ1v) is 5.15. The fourth-order valence-corrected chi connectivity index (χ4v) is 0.830. The van der Waals surface area contributed by atoms with Gasteiger partial charge in [-0.2, -0.15) is 20.3 Å². The average Bonchev–Trinajstić information content (AvgIpc) is 3.05. The summed E-state index contributed by atoms with van der Waals surface area (Å²) in [5.74, 6) is -0.644. The average molecular weight is 287 g/mol. The molecule has 3 rings (SSSR count). The highest BCUT2D eigenvalue weighted by Gasteiger charge is 1.77. The van der Waals surface area contributed by atoms with Crippen molar-refractivity contribution in [2.45, 2.75) is 0 Å². The van der Waals surface area contributed by atoms with E-state index >= 15 is 0 Å². The van der Waals surface area contributed by atoms with Gasteiger partial charge in [-0.25, -0.2) is 4.79 Å². The van der Waals surface area contributed by atoms with Crippen LogP contribution in [0.5, 0.6) is 0 Å². The monoisotopic (exact) mass is 287 g/mol. The lowest BCUT2D eigenvalue weighted by atomic mass is 11.3. The number of H-pyrrole nitrogens is 3. The minimum atomic E-state index is -0.644. The van der Waals surface area contributed by atoms with Crippen molar-refractivity contribution >= 4 is 23.8 Å². The fourth-order valence-electron chi connectivity index (χ4n) is 0.473. The van der Waals surface area contributed by atoms with Gasteiger partial charge in [-0.1, -0.05) is 0 Å². The number of nitrogens with zero attached hydrogens (tertiary/aromatic N) is 3. The molecule has 0 saturated carbocycles. The first kappa shape index (κ1) is 13.7. The molecule has 0 fully saturated rings. The van der Waals surface area contributed by atoms with Crippen LogP contribution in [-0.4, -0.2) is 29.6 Å². The van der Waals surface area contributed by atoms with E-state index in [1.165, 1.54) is 0 Å². The summed E-state index contributed by atoms with van der Waals surface area (Å²) in [5, 5.41) is 4.22. The van der Waals surface area contributed by atoms with Crippen LogP contribution in [0.15, 0.2) is 18.6 Å². The second-order valence-corrected chi connectivity index (χ2v) is 3.19. The van der Waals surface area contributed by atoms with Crippen molar-refractivity contribution in [1.82, 2.24) is 29.6 Å². The second kappa shape index (κ2) is 7.86. The second-order valence-electron chi connectivity index (χ2n) is 2.08. The van der Waals surface area contributed by atoms with Crippen LogP contribution in [0.3, 0.4) is 0 Å². The molecular formula is C6H3N6O4S2. The lowest BCUT2D eigenvalue weighted by Crippen LogP contribution is -1.92. The molecule has 18 heavy (non-hydrogen) atoms. The lowest BCUT2D eigenvalue weighted by molar-refractivity contribution is 0.385. The Morgan fingerprint density at radius 1 is 1.06 bits per heavy atom. The molecule has 3 radical (unpaired) electrons. The van der Waals surface area contributed by atoms with Gasteiger partial charge in [0.25, 0.3) is 0 Å². The third-order valence-electron chi connectivity index (χ3n) is 0.994. The molecule has 0 aliphatic heterocycles. The summed E-state index contributed by atoms with van der Waals surface area (Å²) < 4.78 is 10.8. The maximum atomic E-state index is 9.91. The number of rotatable bonds is 0. The summed E-state index contributed by atoms with van der Waals surface area (Å²) >= 11 is 5.34. The molecule has 0 amide bonds. The van der Waals surface area contributed by atoms with E-state index in [0.29, 0.717) is 0 Å². The molecule has 0 unspecified atom stereocenters. The Kier molecular flexibility index (Phi) is 5.99. The van der Waals surface area contributed by atoms with Gasteiger partial charge in [0.2, 0.25) is 12.7 Å². The van der Waals surface area contributed by atoms with Gasteiger partial charge in [0.15, 0.2) is 6.33 Å². The number of aromatic amines is 3. The Morgan fingerprint density at radius 2 is 1.78 bits per heavy atom. The van der Waals surface area contributed by atoms with Gasteiger partial charge in [0, 0.05) is 11.5 Å². The summed E-state index contributed by atoms with van der Waals surface area (Å²) in [6, 6.07) is 0. The molecule has 3 aromatic heterocycles. The van der Waals surface area contributed by atoms with Crippen molar-refractivity contribution in [2.24, 2.45) is 0 Å². The Balaban J connectivity index is 0.000000135. The lowest BCUT2D eigenvalue weighted by Gasteiger charge is -1.53. The van der Waals surface area contributed by atoms with Crippen molar-refractivity contribution in [2.75, 3.05) is 0 Å². The molecule has 93 valence electrons. The summed E-state index contributed by atoms with van der Waals surface area (Å²) in [4.78, 5) is 29.2. The van der Waals surface area contributed by atoms with Gasteiger partial charge in [-0.15, -0.1) is 4.98 Å². The predicted octanol–water partition coefficient (Wildman–Crippen LogP) is -0.673. The van der Waals surface area contributed by atoms with Gasteiger partial charge in [-0.3, -0.25) is 9.17 Å². The molecule has 3 heterocycles. The zero-order valence-corrected chi connectivity index (χ0v) is 9.92. The smallest absolute Gasteiger partial charge is 0.348 e. The maximum absolute atomic E-state index is 9.91. The van der Waals surface area contributed by atoms with Crippen LogP contribution in [0.4, 0.5) is 0 Å². The van der Waals surface area contributed by atoms with Gasteiger partial charge < -0.3 is 9.05 Å². The number of hydrogen-bond donors (Lipinski definition) is 3. The third-order valence-corrected chi connectivity index (χ3v) is 1.63. The summed E-state index contributed by atoms with van der Waals surface area (Å²) in [6.07, 6.45) is 6.62. The van der Waals surface area contributed by atoms with Crippen molar-refractivity contribution in [1.29, 1.82) is 0 Å². The number of aromatic nitrogens is 6. The minimum Gasteiger partial charge on any atom is -0.348 e. The van der Waals surface area contributed by atoms with Crippen molar-refractivity contribution in [3.63, 3.8) is 0 Å². The van der Waals surface area contributed by atoms with Gasteiger partial charge in [0.1, 0.15) is 0 Å². The Bertz CT molecular complexity index is 543. The van der Waals surface area contributed by atoms with E-state index in [4.69, 9.17) is 0 Å². The van der Waals surface area contributed by atoms with Gasteiger partial charge >= 0.3 is 15.5 Å². The van der Waals surface area contributed by atoms with Gasteiger partial charge in [0.05, 0.1) is 0 Å². The van der Waals surface area contributed by atoms with E-state index in [2.05, 4.69) is 64.7 Å². The molecule has 10 nitrogen and oxygen atoms in total. The molecule has 0 aliphatic rings. The highest BCUT2D eigenvalue weighted by atomic mass is 32.1. The van der Waals surface area contributed by atoms with Crippen LogP contribution in [0.25, 0.3) is 0 Å². The zero-order chi connectivity index (χ0) is 13.2. The number of nitrogens with one attached hydrogen (secondary N) is 3. The SMILES string of the molecule is O=c1n[c][nH]o1.O=c1n[c][nH]s1.S=c1n[c][nH]o1. The Labute approximate surface area is 107 Å².